The van der Waals surface area contributed by atoms with Crippen molar-refractivity contribution in [2.75, 3.05) is 19.6 Å². The summed E-state index contributed by atoms with van der Waals surface area (Å²) in [5.74, 6) is 0.946. The second kappa shape index (κ2) is 7.72. The maximum Gasteiger partial charge on any atom is 0.264 e. The standard InChI is InChI=1S/C20H28N4O2S/c1-3-10-23(14-8-9-21-12-14)20(26)17-13(2)16-18(27-17)22-15-7-5-4-6-11-24(15)19(16)25/h14,21H,3-12H2,1-2H3. The molecule has 0 aromatic carbocycles. The van der Waals surface area contributed by atoms with Crippen LogP contribution in [-0.2, 0) is 13.0 Å². The molecule has 146 valence electrons. The second-order valence-electron chi connectivity index (χ2n) is 7.68. The molecule has 4 heterocycles. The topological polar surface area (TPSA) is 67.2 Å². The van der Waals surface area contributed by atoms with Crippen molar-refractivity contribution < 1.29 is 4.79 Å². The van der Waals surface area contributed by atoms with E-state index in [0.717, 1.165) is 80.9 Å². The molecular formula is C20H28N4O2S. The van der Waals surface area contributed by atoms with Crippen molar-refractivity contribution >= 4 is 27.5 Å². The van der Waals surface area contributed by atoms with Gasteiger partial charge in [-0.1, -0.05) is 13.3 Å². The fourth-order valence-electron chi connectivity index (χ4n) is 4.34. The average Bonchev–Trinajstić information content (AvgIpc) is 3.22. The molecule has 1 unspecified atom stereocenters. The average molecular weight is 389 g/mol. The Balaban J connectivity index is 1.78. The fourth-order valence-corrected chi connectivity index (χ4v) is 5.49. The van der Waals surface area contributed by atoms with Gasteiger partial charge in [0.25, 0.3) is 11.5 Å². The first kappa shape index (κ1) is 18.6. The highest BCUT2D eigenvalue weighted by atomic mass is 32.1. The third-order valence-electron chi connectivity index (χ3n) is 5.81. The molecule has 0 bridgehead atoms. The number of carbonyl (C=O) groups excluding carboxylic acids is 1. The number of nitrogens with zero attached hydrogens (tertiary/aromatic N) is 3. The molecule has 4 rings (SSSR count). The number of amides is 1. The molecule has 6 nitrogen and oxygen atoms in total. The fraction of sp³-hybridized carbons (Fsp3) is 0.650. The molecule has 0 spiro atoms. The van der Waals surface area contributed by atoms with Crippen LogP contribution in [0.2, 0.25) is 0 Å². The van der Waals surface area contributed by atoms with Gasteiger partial charge in [-0.25, -0.2) is 4.98 Å². The maximum atomic E-state index is 13.4. The quantitative estimate of drug-likeness (QED) is 0.875. The summed E-state index contributed by atoms with van der Waals surface area (Å²) in [6.07, 6.45) is 6.01. The first-order chi connectivity index (χ1) is 13.1. The van der Waals surface area contributed by atoms with Gasteiger partial charge < -0.3 is 10.2 Å². The number of carbonyl (C=O) groups is 1. The van der Waals surface area contributed by atoms with Crippen LogP contribution in [-0.4, -0.2) is 46.0 Å². The molecule has 0 aliphatic carbocycles. The summed E-state index contributed by atoms with van der Waals surface area (Å²) in [5, 5.41) is 4.00. The normalized spacial score (nSPS) is 19.9. The molecule has 0 saturated carbocycles. The molecule has 7 heteroatoms. The zero-order valence-electron chi connectivity index (χ0n) is 16.2. The van der Waals surface area contributed by atoms with E-state index in [0.29, 0.717) is 10.3 Å². The number of hydrogen-bond donors (Lipinski definition) is 1. The summed E-state index contributed by atoms with van der Waals surface area (Å²) in [6, 6.07) is 0.243. The van der Waals surface area contributed by atoms with Gasteiger partial charge in [0.15, 0.2) is 0 Å². The van der Waals surface area contributed by atoms with Crippen LogP contribution in [0.25, 0.3) is 10.2 Å². The highest BCUT2D eigenvalue weighted by molar-refractivity contribution is 7.20. The predicted octanol–water partition coefficient (Wildman–Crippen LogP) is 2.71. The van der Waals surface area contributed by atoms with Gasteiger partial charge in [0.2, 0.25) is 0 Å². The summed E-state index contributed by atoms with van der Waals surface area (Å²) in [7, 11) is 0. The summed E-state index contributed by atoms with van der Waals surface area (Å²) in [4.78, 5) is 34.7. The van der Waals surface area contributed by atoms with Crippen molar-refractivity contribution in [2.24, 2.45) is 0 Å². The van der Waals surface area contributed by atoms with E-state index >= 15 is 0 Å². The Hall–Kier alpha value is -1.73. The van der Waals surface area contributed by atoms with Crippen molar-refractivity contribution in [3.05, 3.63) is 26.6 Å². The van der Waals surface area contributed by atoms with E-state index in [1.165, 1.54) is 11.3 Å². The van der Waals surface area contributed by atoms with Crippen molar-refractivity contribution in [3.8, 4) is 0 Å². The maximum absolute atomic E-state index is 13.4. The number of thiophene rings is 1. The van der Waals surface area contributed by atoms with E-state index in [4.69, 9.17) is 4.98 Å². The molecule has 1 atom stereocenters. The molecule has 1 amide bonds. The van der Waals surface area contributed by atoms with Gasteiger partial charge in [-0.2, -0.15) is 0 Å². The summed E-state index contributed by atoms with van der Waals surface area (Å²) < 4.78 is 1.84. The Labute approximate surface area is 163 Å². The molecule has 1 N–H and O–H groups in total. The summed E-state index contributed by atoms with van der Waals surface area (Å²) >= 11 is 1.40. The Morgan fingerprint density at radius 2 is 2.22 bits per heavy atom. The van der Waals surface area contributed by atoms with Crippen LogP contribution < -0.4 is 10.9 Å². The van der Waals surface area contributed by atoms with Crippen LogP contribution >= 0.6 is 11.3 Å². The van der Waals surface area contributed by atoms with Crippen LogP contribution in [0.3, 0.4) is 0 Å². The van der Waals surface area contributed by atoms with E-state index in [1.54, 1.807) is 0 Å². The molecule has 1 fully saturated rings. The number of nitrogens with one attached hydrogen (secondary N) is 1. The molecule has 2 aliphatic rings. The van der Waals surface area contributed by atoms with Gasteiger partial charge >= 0.3 is 0 Å². The van der Waals surface area contributed by atoms with Gasteiger partial charge in [0, 0.05) is 32.1 Å². The molecule has 2 aromatic heterocycles. The van der Waals surface area contributed by atoms with Gasteiger partial charge in [-0.3, -0.25) is 14.2 Å². The minimum absolute atomic E-state index is 0.0364. The Morgan fingerprint density at radius 3 is 2.96 bits per heavy atom. The molecule has 1 saturated heterocycles. The van der Waals surface area contributed by atoms with Crippen molar-refractivity contribution in [2.45, 2.75) is 65.0 Å². The van der Waals surface area contributed by atoms with Crippen LogP contribution in [0.15, 0.2) is 4.79 Å². The monoisotopic (exact) mass is 388 g/mol. The molecular weight excluding hydrogens is 360 g/mol. The summed E-state index contributed by atoms with van der Waals surface area (Å²) in [6.45, 7) is 7.32. The van der Waals surface area contributed by atoms with E-state index in [1.807, 2.05) is 16.4 Å². The minimum Gasteiger partial charge on any atom is -0.334 e. The number of hydrogen-bond acceptors (Lipinski definition) is 5. The van der Waals surface area contributed by atoms with Gasteiger partial charge in [0.05, 0.1) is 10.3 Å². The van der Waals surface area contributed by atoms with Crippen molar-refractivity contribution in [1.29, 1.82) is 0 Å². The number of aromatic nitrogens is 2. The number of aryl methyl sites for hydroxylation is 2. The lowest BCUT2D eigenvalue weighted by molar-refractivity contribution is 0.0696. The molecule has 2 aliphatic heterocycles. The lowest BCUT2D eigenvalue weighted by atomic mass is 10.1. The predicted molar refractivity (Wildman–Crippen MR) is 109 cm³/mol. The van der Waals surface area contributed by atoms with E-state index < -0.39 is 0 Å². The van der Waals surface area contributed by atoms with E-state index in [2.05, 4.69) is 12.2 Å². The largest absolute Gasteiger partial charge is 0.334 e. The second-order valence-corrected chi connectivity index (χ2v) is 8.68. The van der Waals surface area contributed by atoms with Crippen molar-refractivity contribution in [1.82, 2.24) is 19.8 Å². The zero-order chi connectivity index (χ0) is 19.0. The third-order valence-corrected chi connectivity index (χ3v) is 6.98. The van der Waals surface area contributed by atoms with Gasteiger partial charge in [0.1, 0.15) is 10.7 Å². The highest BCUT2D eigenvalue weighted by Gasteiger charge is 2.30. The van der Waals surface area contributed by atoms with Crippen LogP contribution in [0.5, 0.6) is 0 Å². The Morgan fingerprint density at radius 1 is 1.37 bits per heavy atom. The minimum atomic E-state index is 0.0364. The van der Waals surface area contributed by atoms with Gasteiger partial charge in [-0.15, -0.1) is 11.3 Å². The number of fused-ring (bicyclic) bond motifs is 2. The smallest absolute Gasteiger partial charge is 0.264 e. The van der Waals surface area contributed by atoms with Gasteiger partial charge in [-0.05, 0) is 44.7 Å². The SMILES string of the molecule is CCCN(C(=O)c1sc2nc3n(c(=O)c2c1C)CCCCC3)C1CCNC1. The van der Waals surface area contributed by atoms with Crippen molar-refractivity contribution in [3.63, 3.8) is 0 Å². The Kier molecular flexibility index (Phi) is 5.32. The molecule has 0 radical (unpaired) electrons. The zero-order valence-corrected chi connectivity index (χ0v) is 17.0. The van der Waals surface area contributed by atoms with E-state index in [-0.39, 0.29) is 17.5 Å². The molecule has 27 heavy (non-hydrogen) atoms. The Bertz CT molecular complexity index is 911. The van der Waals surface area contributed by atoms with Crippen LogP contribution in [0, 0.1) is 6.92 Å². The lowest BCUT2D eigenvalue weighted by Crippen LogP contribution is -2.42. The van der Waals surface area contributed by atoms with E-state index in [9.17, 15) is 9.59 Å². The lowest BCUT2D eigenvalue weighted by Gasteiger charge is -2.28. The third kappa shape index (κ3) is 3.31. The first-order valence-electron chi connectivity index (χ1n) is 10.2. The van der Waals surface area contributed by atoms with Crippen LogP contribution in [0.4, 0.5) is 0 Å². The number of rotatable bonds is 4. The molecule has 2 aromatic rings. The van der Waals surface area contributed by atoms with Crippen LogP contribution in [0.1, 0.15) is 60.1 Å². The summed E-state index contributed by atoms with van der Waals surface area (Å²) in [5.41, 5.74) is 0.846. The first-order valence-corrected chi connectivity index (χ1v) is 11.0. The highest BCUT2D eigenvalue weighted by Crippen LogP contribution is 2.30.